The molecule has 0 bridgehead atoms. The number of aliphatic hydroxyl groups excluding tert-OH is 1. The van der Waals surface area contributed by atoms with Gasteiger partial charge in [-0.15, -0.1) is 0 Å². The van der Waals surface area contributed by atoms with Gasteiger partial charge in [-0.3, -0.25) is 0 Å². The summed E-state index contributed by atoms with van der Waals surface area (Å²) in [7, 11) is 0. The molecule has 2 heterocycles. The molecule has 0 aliphatic carbocycles. The van der Waals surface area contributed by atoms with Crippen LogP contribution in [0.4, 0.5) is 0 Å². The quantitative estimate of drug-likeness (QED) is 0.0686. The Bertz CT molecular complexity index is 1770. The molecular weight excluding hydrogens is 628 g/mol. The average molecular weight is 650 g/mol. The van der Waals surface area contributed by atoms with Gasteiger partial charge in [0.2, 0.25) is 23.6 Å². The smallest absolute Gasteiger partial charge is 0.340 e. The first-order valence-corrected chi connectivity index (χ1v) is 12.6. The molecular formula is C27H22O19. The van der Waals surface area contributed by atoms with Gasteiger partial charge in [0, 0.05) is 11.1 Å². The van der Waals surface area contributed by atoms with Crippen LogP contribution in [0.2, 0.25) is 0 Å². The summed E-state index contributed by atoms with van der Waals surface area (Å²) >= 11 is 0. The summed E-state index contributed by atoms with van der Waals surface area (Å²) in [5, 5.41) is 123. The largest absolute Gasteiger partial charge is 0.504 e. The molecule has 0 radical (unpaired) electrons. The van der Waals surface area contributed by atoms with Crippen molar-refractivity contribution < 1.29 is 94.6 Å². The lowest BCUT2D eigenvalue weighted by molar-refractivity contribution is -0.378. The molecule has 19 nitrogen and oxygen atoms in total. The van der Waals surface area contributed by atoms with Crippen molar-refractivity contribution in [1.29, 1.82) is 0 Å². The maximum Gasteiger partial charge on any atom is 0.340 e. The molecule has 2 aliphatic rings. The van der Waals surface area contributed by atoms with Crippen LogP contribution in [0.15, 0.2) is 24.3 Å². The molecule has 19 heteroatoms. The number of phenolic OH excluding ortho intramolecular Hbond substituents is 9. The molecule has 1 saturated heterocycles. The molecule has 12 N–H and O–H groups in total. The number of fused-ring (bicyclic) bond motifs is 4. The van der Waals surface area contributed by atoms with Crippen molar-refractivity contribution in [3.63, 3.8) is 0 Å². The number of rotatable bonds is 2. The first-order chi connectivity index (χ1) is 21.4. The predicted molar refractivity (Wildman–Crippen MR) is 140 cm³/mol. The number of aliphatic hydroxyl groups is 3. The van der Waals surface area contributed by atoms with E-state index in [1.807, 2.05) is 0 Å². The molecule has 0 aromatic heterocycles. The molecule has 0 unspecified atom stereocenters. The number of hydrogen-bond acceptors (Lipinski definition) is 19. The fourth-order valence-electron chi connectivity index (χ4n) is 4.77. The van der Waals surface area contributed by atoms with Gasteiger partial charge in [-0.05, 0) is 24.3 Å². The lowest BCUT2D eigenvalue weighted by Gasteiger charge is -2.45. The third-order valence-corrected chi connectivity index (χ3v) is 7.10. The SMILES string of the molecule is O=C(O[C@@H]1O[C@@H]2COC(=O)c3cc(O)c(O)c(O)c3-c3c(cc(O)c(O)c3O)C(=O)O[C@H]2C(O)(O)[C@H]1O)c1cc(O)c(O)c(O)c1. The van der Waals surface area contributed by atoms with Crippen molar-refractivity contribution in [2.45, 2.75) is 30.4 Å². The number of esters is 3. The Balaban J connectivity index is 1.60. The molecule has 4 atom stereocenters. The summed E-state index contributed by atoms with van der Waals surface area (Å²) in [5.74, 6) is -18.7. The summed E-state index contributed by atoms with van der Waals surface area (Å²) in [6, 6.07) is 2.26. The highest BCUT2D eigenvalue weighted by atomic mass is 16.7. The molecule has 3 aromatic rings. The van der Waals surface area contributed by atoms with Gasteiger partial charge in [0.05, 0.1) is 16.7 Å². The van der Waals surface area contributed by atoms with E-state index in [9.17, 15) is 75.7 Å². The number of hydrogen-bond donors (Lipinski definition) is 12. The van der Waals surface area contributed by atoms with Crippen LogP contribution in [0.3, 0.4) is 0 Å². The van der Waals surface area contributed by atoms with Gasteiger partial charge in [0.1, 0.15) is 12.7 Å². The second-order valence-corrected chi connectivity index (χ2v) is 9.99. The molecule has 244 valence electrons. The highest BCUT2D eigenvalue weighted by molar-refractivity contribution is 6.08. The van der Waals surface area contributed by atoms with Gasteiger partial charge in [0.15, 0.2) is 52.5 Å². The maximum absolute atomic E-state index is 13.4. The Morgan fingerprint density at radius 3 is 1.72 bits per heavy atom. The van der Waals surface area contributed by atoms with Gasteiger partial charge in [-0.2, -0.15) is 0 Å². The Morgan fingerprint density at radius 1 is 0.717 bits per heavy atom. The first-order valence-electron chi connectivity index (χ1n) is 12.6. The maximum atomic E-state index is 13.4. The molecule has 0 amide bonds. The van der Waals surface area contributed by atoms with E-state index in [-0.39, 0.29) is 0 Å². The minimum Gasteiger partial charge on any atom is -0.504 e. The molecule has 1 fully saturated rings. The van der Waals surface area contributed by atoms with Crippen molar-refractivity contribution in [3.05, 3.63) is 41.0 Å². The third kappa shape index (κ3) is 4.94. The summed E-state index contributed by atoms with van der Waals surface area (Å²) < 4.78 is 20.5. The number of cyclic esters (lactones) is 1. The molecule has 5 rings (SSSR count). The molecule has 3 aromatic carbocycles. The summed E-state index contributed by atoms with van der Waals surface area (Å²) in [4.78, 5) is 39.3. The van der Waals surface area contributed by atoms with Gasteiger partial charge >= 0.3 is 17.9 Å². The van der Waals surface area contributed by atoms with E-state index >= 15 is 0 Å². The van der Waals surface area contributed by atoms with Gasteiger partial charge in [-0.25, -0.2) is 14.4 Å². The number of carbonyl (C=O) groups is 3. The topological polar surface area (TPSA) is 331 Å². The zero-order valence-electron chi connectivity index (χ0n) is 22.6. The minimum absolute atomic E-state index is 0.460. The van der Waals surface area contributed by atoms with E-state index < -0.39 is 134 Å². The fourth-order valence-corrected chi connectivity index (χ4v) is 4.77. The van der Waals surface area contributed by atoms with E-state index in [0.29, 0.717) is 24.3 Å². The number of carbonyl (C=O) groups excluding carboxylic acids is 3. The van der Waals surface area contributed by atoms with E-state index in [1.54, 1.807) is 0 Å². The highest BCUT2D eigenvalue weighted by Crippen LogP contribution is 2.53. The third-order valence-electron chi connectivity index (χ3n) is 7.10. The number of benzene rings is 3. The van der Waals surface area contributed by atoms with Gasteiger partial charge < -0.3 is 80.2 Å². The molecule has 0 saturated carbocycles. The first kappa shape index (κ1) is 31.5. The zero-order chi connectivity index (χ0) is 34.0. The van der Waals surface area contributed by atoms with Crippen molar-refractivity contribution in [2.75, 3.05) is 6.61 Å². The highest BCUT2D eigenvalue weighted by Gasteiger charge is 2.59. The van der Waals surface area contributed by atoms with E-state index in [0.717, 1.165) is 0 Å². The fraction of sp³-hybridized carbons (Fsp3) is 0.222. The molecule has 0 spiro atoms. The minimum atomic E-state index is -3.62. The molecule has 2 aliphatic heterocycles. The average Bonchev–Trinajstić information content (AvgIpc) is 3.01. The lowest BCUT2D eigenvalue weighted by atomic mass is 9.91. The Hall–Kier alpha value is -5.89. The molecule has 46 heavy (non-hydrogen) atoms. The van der Waals surface area contributed by atoms with Crippen LogP contribution in [0, 0.1) is 0 Å². The van der Waals surface area contributed by atoms with Crippen molar-refractivity contribution in [1.82, 2.24) is 0 Å². The van der Waals surface area contributed by atoms with Crippen LogP contribution < -0.4 is 0 Å². The second kappa shape index (κ2) is 10.9. The number of phenols is 9. The lowest BCUT2D eigenvalue weighted by Crippen LogP contribution is -2.69. The Labute approximate surface area is 253 Å². The standard InChI is InChI=1S/C27H22O19/c28-9-1-6(2-10(29)16(9)32)23(38)46-26-21(37)27(41,42)22-13(44-26)5-43-24(39)7-3-11(30)17(33)19(35)14(7)15-8(25(40)45-22)4-12(31)18(34)20(15)36/h1-4,13,21-22,26,28-37,41-42H,5H2/t13-,21+,22-,26+/m1/s1. The van der Waals surface area contributed by atoms with Crippen LogP contribution in [-0.4, -0.2) is 116 Å². The van der Waals surface area contributed by atoms with E-state index in [2.05, 4.69) is 0 Å². The van der Waals surface area contributed by atoms with Gasteiger partial charge in [0.25, 0.3) is 0 Å². The van der Waals surface area contributed by atoms with Crippen LogP contribution in [-0.2, 0) is 18.9 Å². The normalized spacial score (nSPS) is 22.2. The number of aromatic hydroxyl groups is 9. The Morgan fingerprint density at radius 2 is 1.20 bits per heavy atom. The van der Waals surface area contributed by atoms with Crippen molar-refractivity contribution >= 4 is 17.9 Å². The second-order valence-electron chi connectivity index (χ2n) is 9.99. The summed E-state index contributed by atoms with van der Waals surface area (Å²) in [6.07, 6.45) is -9.52. The van der Waals surface area contributed by atoms with E-state index in [4.69, 9.17) is 18.9 Å². The number of ether oxygens (including phenoxy) is 4. The van der Waals surface area contributed by atoms with E-state index in [1.165, 1.54) is 0 Å². The van der Waals surface area contributed by atoms with Crippen LogP contribution in [0.5, 0.6) is 51.7 Å². The summed E-state index contributed by atoms with van der Waals surface area (Å²) in [6.45, 7) is -1.12. The van der Waals surface area contributed by atoms with Gasteiger partial charge in [-0.1, -0.05) is 0 Å². The van der Waals surface area contributed by atoms with Crippen molar-refractivity contribution in [2.24, 2.45) is 0 Å². The monoisotopic (exact) mass is 650 g/mol. The van der Waals surface area contributed by atoms with Crippen LogP contribution in [0.1, 0.15) is 31.1 Å². The summed E-state index contributed by atoms with van der Waals surface area (Å²) in [5.41, 5.74) is -4.41. The predicted octanol–water partition coefficient (Wildman–Crippen LogP) is -0.977. The Kier molecular flexibility index (Phi) is 7.49. The van der Waals surface area contributed by atoms with Crippen molar-refractivity contribution in [3.8, 4) is 62.9 Å². The van der Waals surface area contributed by atoms with Crippen LogP contribution in [0.25, 0.3) is 11.1 Å². The zero-order valence-corrected chi connectivity index (χ0v) is 22.6. The van der Waals surface area contributed by atoms with Crippen LogP contribution >= 0.6 is 0 Å².